The van der Waals surface area contributed by atoms with E-state index in [0.717, 1.165) is 0 Å². The number of piperidine rings is 2. The molecule has 3 rings (SSSR count). The van der Waals surface area contributed by atoms with Crippen molar-refractivity contribution in [3.63, 3.8) is 0 Å². The second-order valence-corrected chi connectivity index (χ2v) is 22.6. The van der Waals surface area contributed by atoms with Crippen LogP contribution in [0.3, 0.4) is 0 Å². The van der Waals surface area contributed by atoms with Crippen LogP contribution in [0.5, 0.6) is 5.75 Å². The number of aromatic hydroxyl groups is 1. The van der Waals surface area contributed by atoms with Gasteiger partial charge >= 0.3 is 19.5 Å². The number of hydrogen-bond donors (Lipinski definition) is 3. The SMILES string of the molecule is CCOP(=O)(CCC(Cc1cc(C(C)(C)C)c(O)c(C(C)(C)C)c1)(C(=O)OC1CC(C)(C)NC(C)(C)C1)C(=O)OC1CC(C)(C)NC(C)(C)C1)OCC. The highest BCUT2D eigenvalue weighted by atomic mass is 31.2. The summed E-state index contributed by atoms with van der Waals surface area (Å²) in [6.45, 7) is 32.5. The van der Waals surface area contributed by atoms with Crippen molar-refractivity contribution in [2.45, 2.75) is 194 Å². The summed E-state index contributed by atoms with van der Waals surface area (Å²) in [6.07, 6.45) is 0.727. The number of rotatable bonds is 13. The first-order chi connectivity index (χ1) is 23.9. The molecular weight excluding hydrogens is 691 g/mol. The van der Waals surface area contributed by atoms with Gasteiger partial charge in [-0.2, -0.15) is 0 Å². The normalized spacial score (nSPS) is 20.9. The molecule has 2 saturated heterocycles. The minimum atomic E-state index is -3.72. The fraction of sp³-hybridized carbons (Fsp3) is 0.810. The van der Waals surface area contributed by atoms with Crippen molar-refractivity contribution in [2.75, 3.05) is 19.4 Å². The lowest BCUT2D eigenvalue weighted by molar-refractivity contribution is -0.183. The highest BCUT2D eigenvalue weighted by Crippen LogP contribution is 2.52. The molecule has 1 aromatic rings. The number of phenolic OH excluding ortho intramolecular Hbond substituents is 1. The van der Waals surface area contributed by atoms with Crippen molar-refractivity contribution in [1.29, 1.82) is 0 Å². The minimum absolute atomic E-state index is 0.0924. The molecule has 0 bridgehead atoms. The average molecular weight is 765 g/mol. The van der Waals surface area contributed by atoms with E-state index < -0.39 is 48.0 Å². The van der Waals surface area contributed by atoms with Crippen LogP contribution in [0.15, 0.2) is 12.1 Å². The lowest BCUT2D eigenvalue weighted by atomic mass is 9.74. The highest BCUT2D eigenvalue weighted by molar-refractivity contribution is 7.53. The zero-order chi connectivity index (χ0) is 40.6. The Labute approximate surface area is 321 Å². The van der Waals surface area contributed by atoms with E-state index in [9.17, 15) is 9.67 Å². The molecule has 1 aromatic carbocycles. The fourth-order valence-corrected chi connectivity index (χ4v) is 10.6. The standard InChI is InChI=1S/C42H73N2O8P/c1-17-49-53(48,50-18-2)20-19-42(34(46)51-29-24-38(9,10)43-39(11,12)25-29,35(47)52-30-26-40(13,14)44-41(15,16)27-30)23-28-21-31(36(3,4)5)33(45)32(22-28)37(6,7)8/h21-22,29-30,43-45H,17-20,23-27H2,1-16H3. The van der Waals surface area contributed by atoms with Gasteiger partial charge in [0.15, 0.2) is 5.41 Å². The van der Waals surface area contributed by atoms with E-state index in [2.05, 4.69) is 66.0 Å². The van der Waals surface area contributed by atoms with Gasteiger partial charge in [0.25, 0.3) is 0 Å². The first kappa shape index (κ1) is 45.4. The molecule has 10 nitrogen and oxygen atoms in total. The molecule has 2 aliphatic heterocycles. The van der Waals surface area contributed by atoms with Crippen LogP contribution in [0.4, 0.5) is 0 Å². The van der Waals surface area contributed by atoms with E-state index in [1.807, 2.05) is 53.7 Å². The lowest BCUT2D eigenvalue weighted by Crippen LogP contribution is -2.61. The van der Waals surface area contributed by atoms with Crippen molar-refractivity contribution in [2.24, 2.45) is 5.41 Å². The van der Waals surface area contributed by atoms with E-state index in [-0.39, 0.29) is 60.1 Å². The van der Waals surface area contributed by atoms with Gasteiger partial charge in [0.1, 0.15) is 18.0 Å². The molecular formula is C42H73N2O8P. The summed E-state index contributed by atoms with van der Waals surface area (Å²) in [5.41, 5.74) is -2.07. The van der Waals surface area contributed by atoms with Crippen molar-refractivity contribution in [3.05, 3.63) is 28.8 Å². The first-order valence-electron chi connectivity index (χ1n) is 19.6. The molecule has 2 heterocycles. The Kier molecular flexibility index (Phi) is 13.6. The lowest BCUT2D eigenvalue weighted by Gasteiger charge is -2.47. The molecule has 0 atom stereocenters. The monoisotopic (exact) mass is 765 g/mol. The van der Waals surface area contributed by atoms with Gasteiger partial charge in [0.2, 0.25) is 0 Å². The molecule has 0 unspecified atom stereocenters. The number of benzene rings is 1. The summed E-state index contributed by atoms with van der Waals surface area (Å²) in [5.74, 6) is -1.23. The Morgan fingerprint density at radius 1 is 0.717 bits per heavy atom. The van der Waals surface area contributed by atoms with E-state index in [0.29, 0.717) is 42.4 Å². The Bertz CT molecular complexity index is 1390. The van der Waals surface area contributed by atoms with Crippen molar-refractivity contribution >= 4 is 19.5 Å². The molecule has 0 aromatic heterocycles. The smallest absolute Gasteiger partial charge is 0.330 e. The molecule has 2 aliphatic rings. The maximum Gasteiger partial charge on any atom is 0.330 e. The quantitative estimate of drug-likeness (QED) is 0.102. The third-order valence-corrected chi connectivity index (χ3v) is 12.5. The predicted octanol–water partition coefficient (Wildman–Crippen LogP) is 8.88. The number of nitrogens with one attached hydrogen (secondary N) is 2. The van der Waals surface area contributed by atoms with Gasteiger partial charge in [0.05, 0.1) is 19.4 Å². The number of carbonyl (C=O) groups is 2. The van der Waals surface area contributed by atoms with E-state index in [4.69, 9.17) is 18.5 Å². The summed E-state index contributed by atoms with van der Waals surface area (Å²) in [7, 11) is -3.72. The van der Waals surface area contributed by atoms with Crippen LogP contribution in [0.2, 0.25) is 0 Å². The summed E-state index contributed by atoms with van der Waals surface area (Å²) >= 11 is 0. The molecule has 0 radical (unpaired) electrons. The Hall–Kier alpha value is -1.97. The van der Waals surface area contributed by atoms with Crippen molar-refractivity contribution in [1.82, 2.24) is 10.6 Å². The molecule has 0 amide bonds. The van der Waals surface area contributed by atoms with Gasteiger partial charge in [-0.1, -0.05) is 53.7 Å². The largest absolute Gasteiger partial charge is 0.507 e. The zero-order valence-corrected chi connectivity index (χ0v) is 36.8. The van der Waals surface area contributed by atoms with Crippen molar-refractivity contribution in [3.8, 4) is 5.75 Å². The Balaban J connectivity index is 2.30. The van der Waals surface area contributed by atoms with E-state index in [1.165, 1.54) is 0 Å². The highest BCUT2D eigenvalue weighted by Gasteiger charge is 2.54. The van der Waals surface area contributed by atoms with E-state index in [1.54, 1.807) is 13.8 Å². The number of hydrogen-bond acceptors (Lipinski definition) is 10. The van der Waals surface area contributed by atoms with Crippen LogP contribution in [-0.4, -0.2) is 70.8 Å². The number of phenols is 1. The maximum absolute atomic E-state index is 15.2. The molecule has 0 saturated carbocycles. The first-order valence-corrected chi connectivity index (χ1v) is 21.4. The van der Waals surface area contributed by atoms with Gasteiger partial charge in [-0.15, -0.1) is 0 Å². The Morgan fingerprint density at radius 3 is 1.36 bits per heavy atom. The van der Waals surface area contributed by atoms with Gasteiger partial charge < -0.3 is 34.3 Å². The summed E-state index contributed by atoms with van der Waals surface area (Å²) in [6, 6.07) is 3.77. The molecule has 0 aliphatic carbocycles. The van der Waals surface area contributed by atoms with Crippen LogP contribution in [0.25, 0.3) is 0 Å². The molecule has 2 fully saturated rings. The predicted molar refractivity (Wildman–Crippen MR) is 213 cm³/mol. The third-order valence-electron chi connectivity index (χ3n) is 10.4. The van der Waals surface area contributed by atoms with Gasteiger partial charge in [-0.05, 0) is 110 Å². The zero-order valence-electron chi connectivity index (χ0n) is 35.9. The van der Waals surface area contributed by atoms with E-state index >= 15 is 9.59 Å². The number of esters is 2. The minimum Gasteiger partial charge on any atom is -0.507 e. The number of carbonyl (C=O) groups excluding carboxylic acids is 2. The second-order valence-electron chi connectivity index (χ2n) is 20.4. The Morgan fingerprint density at radius 2 is 1.06 bits per heavy atom. The van der Waals surface area contributed by atoms with Crippen molar-refractivity contribution < 1.29 is 37.8 Å². The molecule has 304 valence electrons. The van der Waals surface area contributed by atoms with Crippen LogP contribution in [-0.2, 0) is 49.9 Å². The van der Waals surface area contributed by atoms with Crippen LogP contribution >= 0.6 is 7.60 Å². The molecule has 0 spiro atoms. The van der Waals surface area contributed by atoms with Gasteiger partial charge in [0, 0.05) is 47.8 Å². The second kappa shape index (κ2) is 15.9. The third kappa shape index (κ3) is 12.0. The summed E-state index contributed by atoms with van der Waals surface area (Å²) in [4.78, 5) is 30.4. The van der Waals surface area contributed by atoms with Crippen LogP contribution in [0.1, 0.15) is 160 Å². The topological polar surface area (TPSA) is 132 Å². The molecule has 11 heteroatoms. The number of ether oxygens (including phenoxy) is 2. The molecule has 53 heavy (non-hydrogen) atoms. The summed E-state index contributed by atoms with van der Waals surface area (Å²) < 4.78 is 38.5. The van der Waals surface area contributed by atoms with Crippen LogP contribution in [0, 0.1) is 5.41 Å². The van der Waals surface area contributed by atoms with Gasteiger partial charge in [-0.3, -0.25) is 14.2 Å². The molecule has 3 N–H and O–H groups in total. The fourth-order valence-electron chi connectivity index (χ4n) is 8.85. The van der Waals surface area contributed by atoms with Crippen LogP contribution < -0.4 is 10.6 Å². The van der Waals surface area contributed by atoms with Gasteiger partial charge in [-0.25, -0.2) is 0 Å². The average Bonchev–Trinajstić information content (AvgIpc) is 2.91. The summed E-state index contributed by atoms with van der Waals surface area (Å²) in [5, 5.41) is 18.9. The maximum atomic E-state index is 15.2.